The first-order valence-corrected chi connectivity index (χ1v) is 6.52. The lowest BCUT2D eigenvalue weighted by Crippen LogP contribution is -2.45. The molecule has 0 spiro atoms. The van der Waals surface area contributed by atoms with E-state index in [0.717, 1.165) is 56.5 Å². The van der Waals surface area contributed by atoms with Crippen molar-refractivity contribution >= 4 is 11.7 Å². The van der Waals surface area contributed by atoms with Gasteiger partial charge < -0.3 is 15.1 Å². The van der Waals surface area contributed by atoms with Gasteiger partial charge in [-0.3, -0.25) is 4.99 Å². The third kappa shape index (κ3) is 2.18. The molecule has 0 amide bonds. The predicted octanol–water partition coefficient (Wildman–Crippen LogP) is 0.183. The molecule has 0 saturated carbocycles. The minimum absolute atomic E-state index is 0.867. The fourth-order valence-corrected chi connectivity index (χ4v) is 2.43. The number of nitrogens with one attached hydrogen (secondary N) is 1. The van der Waals surface area contributed by atoms with E-state index in [1.54, 1.807) is 0 Å². The average molecular weight is 245 g/mol. The number of amidine groups is 1. The Bertz CT molecular complexity index is 448. The van der Waals surface area contributed by atoms with Crippen LogP contribution in [0, 0.1) is 0 Å². The van der Waals surface area contributed by atoms with Gasteiger partial charge in [0.15, 0.2) is 0 Å². The Labute approximate surface area is 108 Å². The Morgan fingerprint density at radius 2 is 2.06 bits per heavy atom. The molecule has 0 aromatic carbocycles. The minimum Gasteiger partial charge on any atom is -0.368 e. The summed E-state index contributed by atoms with van der Waals surface area (Å²) in [5.41, 5.74) is 1.14. The van der Waals surface area contributed by atoms with Crippen LogP contribution in [0.15, 0.2) is 23.3 Å². The normalized spacial score (nSPS) is 20.7. The van der Waals surface area contributed by atoms with Crippen molar-refractivity contribution in [2.45, 2.75) is 0 Å². The first-order chi connectivity index (χ1) is 8.84. The smallest absolute Gasteiger partial charge is 0.139 e. The van der Waals surface area contributed by atoms with Gasteiger partial charge in [0.05, 0.1) is 12.1 Å². The number of aromatic nitrogens is 1. The molecule has 2 aliphatic rings. The second kappa shape index (κ2) is 4.94. The van der Waals surface area contributed by atoms with Crippen LogP contribution in [-0.2, 0) is 0 Å². The van der Waals surface area contributed by atoms with E-state index in [4.69, 9.17) is 0 Å². The maximum atomic E-state index is 4.56. The fourth-order valence-electron chi connectivity index (χ4n) is 2.43. The van der Waals surface area contributed by atoms with Crippen molar-refractivity contribution in [1.82, 2.24) is 15.2 Å². The topological polar surface area (TPSA) is 43.8 Å². The summed E-state index contributed by atoms with van der Waals surface area (Å²) in [6, 6.07) is 4.09. The lowest BCUT2D eigenvalue weighted by atomic mass is 10.2. The molecule has 0 atom stereocenters. The van der Waals surface area contributed by atoms with Crippen molar-refractivity contribution in [3.8, 4) is 0 Å². The SMILES string of the molecule is CN1CCN(c2ncccc2C2=NCCN2)CC1. The zero-order chi connectivity index (χ0) is 12.4. The zero-order valence-electron chi connectivity index (χ0n) is 10.8. The molecule has 1 aromatic rings. The van der Waals surface area contributed by atoms with Crippen molar-refractivity contribution in [1.29, 1.82) is 0 Å². The highest BCUT2D eigenvalue weighted by atomic mass is 15.3. The molecule has 5 nitrogen and oxygen atoms in total. The molecular formula is C13H19N5. The standard InChI is InChI=1S/C13H19N5/c1-17-7-9-18(10-8-17)13-11(3-2-4-16-13)12-14-5-6-15-12/h2-4H,5-10H2,1H3,(H,14,15). The summed E-state index contributed by atoms with van der Waals surface area (Å²) in [5, 5.41) is 3.33. The number of hydrogen-bond acceptors (Lipinski definition) is 5. The third-order valence-corrected chi connectivity index (χ3v) is 3.52. The molecule has 1 N–H and O–H groups in total. The van der Waals surface area contributed by atoms with Crippen molar-refractivity contribution in [2.75, 3.05) is 51.2 Å². The summed E-state index contributed by atoms with van der Waals surface area (Å²) in [6.45, 7) is 6.06. The summed E-state index contributed by atoms with van der Waals surface area (Å²) in [4.78, 5) is 13.8. The van der Waals surface area contributed by atoms with Crippen LogP contribution in [0.4, 0.5) is 5.82 Å². The average Bonchev–Trinajstić information content (AvgIpc) is 2.93. The van der Waals surface area contributed by atoms with Gasteiger partial charge in [0, 0.05) is 38.9 Å². The van der Waals surface area contributed by atoms with Gasteiger partial charge in [-0.1, -0.05) is 0 Å². The maximum Gasteiger partial charge on any atom is 0.139 e. The Morgan fingerprint density at radius 1 is 1.22 bits per heavy atom. The van der Waals surface area contributed by atoms with Crippen LogP contribution in [-0.4, -0.2) is 62.0 Å². The van der Waals surface area contributed by atoms with Gasteiger partial charge in [0.2, 0.25) is 0 Å². The number of piperazine rings is 1. The second-order valence-electron chi connectivity index (χ2n) is 4.82. The number of hydrogen-bond donors (Lipinski definition) is 1. The quantitative estimate of drug-likeness (QED) is 0.807. The van der Waals surface area contributed by atoms with Gasteiger partial charge >= 0.3 is 0 Å². The predicted molar refractivity (Wildman–Crippen MR) is 73.4 cm³/mol. The summed E-state index contributed by atoms with van der Waals surface area (Å²) in [6.07, 6.45) is 1.87. The fraction of sp³-hybridized carbons (Fsp3) is 0.538. The maximum absolute atomic E-state index is 4.56. The number of pyridine rings is 1. The van der Waals surface area contributed by atoms with Crippen LogP contribution in [0.1, 0.15) is 5.56 Å². The lowest BCUT2D eigenvalue weighted by Gasteiger charge is -2.34. The zero-order valence-corrected chi connectivity index (χ0v) is 10.8. The van der Waals surface area contributed by atoms with E-state index in [2.05, 4.69) is 38.2 Å². The van der Waals surface area contributed by atoms with Gasteiger partial charge in [0.1, 0.15) is 11.7 Å². The van der Waals surface area contributed by atoms with Crippen LogP contribution in [0.2, 0.25) is 0 Å². The molecule has 2 aliphatic heterocycles. The van der Waals surface area contributed by atoms with Crippen molar-refractivity contribution in [3.63, 3.8) is 0 Å². The Balaban J connectivity index is 1.87. The Hall–Kier alpha value is -1.62. The van der Waals surface area contributed by atoms with Crippen molar-refractivity contribution in [2.24, 2.45) is 4.99 Å². The van der Waals surface area contributed by atoms with Gasteiger partial charge in [-0.25, -0.2) is 4.98 Å². The van der Waals surface area contributed by atoms with E-state index in [-0.39, 0.29) is 0 Å². The third-order valence-electron chi connectivity index (χ3n) is 3.52. The number of likely N-dealkylation sites (N-methyl/N-ethyl adjacent to an activating group) is 1. The Kier molecular flexibility index (Phi) is 3.15. The van der Waals surface area contributed by atoms with E-state index < -0.39 is 0 Å². The molecule has 1 aromatic heterocycles. The monoisotopic (exact) mass is 245 g/mol. The van der Waals surface area contributed by atoms with E-state index in [0.29, 0.717) is 0 Å². The number of rotatable bonds is 2. The highest BCUT2D eigenvalue weighted by Crippen LogP contribution is 2.19. The van der Waals surface area contributed by atoms with Crippen molar-refractivity contribution in [3.05, 3.63) is 23.9 Å². The van der Waals surface area contributed by atoms with Gasteiger partial charge in [-0.15, -0.1) is 0 Å². The molecule has 18 heavy (non-hydrogen) atoms. The number of nitrogens with zero attached hydrogens (tertiary/aromatic N) is 4. The molecule has 1 saturated heterocycles. The molecule has 1 fully saturated rings. The molecule has 0 aliphatic carbocycles. The summed E-state index contributed by atoms with van der Waals surface area (Å²) < 4.78 is 0. The van der Waals surface area contributed by atoms with Crippen molar-refractivity contribution < 1.29 is 0 Å². The first kappa shape index (κ1) is 11.5. The molecule has 3 rings (SSSR count). The van der Waals surface area contributed by atoms with Crippen LogP contribution in [0.3, 0.4) is 0 Å². The molecule has 3 heterocycles. The molecule has 0 bridgehead atoms. The molecule has 5 heteroatoms. The minimum atomic E-state index is 0.867. The van der Waals surface area contributed by atoms with Gasteiger partial charge in [-0.2, -0.15) is 0 Å². The lowest BCUT2D eigenvalue weighted by molar-refractivity contribution is 0.312. The number of aliphatic imine (C=N–C) groups is 1. The van der Waals surface area contributed by atoms with Crippen LogP contribution < -0.4 is 10.2 Å². The van der Waals surface area contributed by atoms with Crippen LogP contribution in [0.5, 0.6) is 0 Å². The van der Waals surface area contributed by atoms with E-state index in [1.165, 1.54) is 0 Å². The molecule has 96 valence electrons. The largest absolute Gasteiger partial charge is 0.368 e. The molecule has 0 unspecified atom stereocenters. The van der Waals surface area contributed by atoms with E-state index >= 15 is 0 Å². The summed E-state index contributed by atoms with van der Waals surface area (Å²) in [7, 11) is 2.17. The summed E-state index contributed by atoms with van der Waals surface area (Å²) in [5.74, 6) is 2.07. The Morgan fingerprint density at radius 3 is 2.78 bits per heavy atom. The van der Waals surface area contributed by atoms with Crippen LogP contribution >= 0.6 is 0 Å². The first-order valence-electron chi connectivity index (χ1n) is 6.52. The van der Waals surface area contributed by atoms with E-state index in [9.17, 15) is 0 Å². The van der Waals surface area contributed by atoms with E-state index in [1.807, 2.05) is 12.3 Å². The van der Waals surface area contributed by atoms with Gasteiger partial charge in [0.25, 0.3) is 0 Å². The molecular weight excluding hydrogens is 226 g/mol. The van der Waals surface area contributed by atoms with Gasteiger partial charge in [-0.05, 0) is 19.2 Å². The molecule has 0 radical (unpaired) electrons. The number of anilines is 1. The highest BCUT2D eigenvalue weighted by Gasteiger charge is 2.20. The highest BCUT2D eigenvalue weighted by molar-refractivity contribution is 6.03. The summed E-state index contributed by atoms with van der Waals surface area (Å²) >= 11 is 0. The second-order valence-corrected chi connectivity index (χ2v) is 4.82. The van der Waals surface area contributed by atoms with Crippen LogP contribution in [0.25, 0.3) is 0 Å².